The molecule has 0 saturated heterocycles. The first kappa shape index (κ1) is 15.8. The maximum atomic E-state index is 12.0. The van der Waals surface area contributed by atoms with Gasteiger partial charge in [-0.2, -0.15) is 0 Å². The van der Waals surface area contributed by atoms with Crippen molar-refractivity contribution in [2.24, 2.45) is 5.73 Å². The van der Waals surface area contributed by atoms with Gasteiger partial charge in [-0.3, -0.25) is 9.59 Å². The second-order valence-corrected chi connectivity index (χ2v) is 6.48. The third-order valence-electron chi connectivity index (χ3n) is 4.71. The van der Waals surface area contributed by atoms with Crippen LogP contribution in [0.2, 0.25) is 0 Å². The number of carbonyl (C=O) groups excluding carboxylic acids is 2. The lowest BCUT2D eigenvalue weighted by Crippen LogP contribution is -2.66. The van der Waals surface area contributed by atoms with E-state index in [2.05, 4.69) is 11.4 Å². The number of carbonyl (C=O) groups is 2. The number of nitrogens with one attached hydrogen (secondary N) is 1. The van der Waals surface area contributed by atoms with E-state index in [1.54, 1.807) is 0 Å². The minimum atomic E-state index is -1.13. The van der Waals surface area contributed by atoms with Crippen molar-refractivity contribution in [1.29, 1.82) is 0 Å². The quantitative estimate of drug-likeness (QED) is 0.733. The zero-order chi connectivity index (χ0) is 16.4. The van der Waals surface area contributed by atoms with E-state index in [1.807, 2.05) is 12.1 Å². The summed E-state index contributed by atoms with van der Waals surface area (Å²) in [6, 6.07) is 5.90. The van der Waals surface area contributed by atoms with Crippen molar-refractivity contribution in [3.05, 3.63) is 29.3 Å². The number of amides is 2. The molecular weight excluding hydrogens is 296 g/mol. The predicted molar refractivity (Wildman–Crippen MR) is 83.9 cm³/mol. The van der Waals surface area contributed by atoms with Gasteiger partial charge >= 0.3 is 0 Å². The van der Waals surface area contributed by atoms with Crippen LogP contribution in [0.5, 0.6) is 5.75 Å². The normalized spacial score (nSPS) is 25.9. The molecule has 23 heavy (non-hydrogen) atoms. The summed E-state index contributed by atoms with van der Waals surface area (Å²) in [6.07, 6.45) is 4.27. The minimum absolute atomic E-state index is 0.160. The Morgan fingerprint density at radius 3 is 2.61 bits per heavy atom. The number of aliphatic hydroxyl groups excluding tert-OH is 1. The fourth-order valence-electron chi connectivity index (χ4n) is 3.36. The highest BCUT2D eigenvalue weighted by Crippen LogP contribution is 2.32. The Bertz CT molecular complexity index is 623. The predicted octanol–water partition coefficient (Wildman–Crippen LogP) is 0.439. The van der Waals surface area contributed by atoms with Gasteiger partial charge in [0, 0.05) is 12.8 Å². The molecule has 0 atom stereocenters. The van der Waals surface area contributed by atoms with E-state index in [0.29, 0.717) is 5.75 Å². The molecular formula is C17H22N2O4. The summed E-state index contributed by atoms with van der Waals surface area (Å²) >= 11 is 0. The zero-order valence-corrected chi connectivity index (χ0v) is 13.0. The maximum absolute atomic E-state index is 12.0. The van der Waals surface area contributed by atoms with Gasteiger partial charge in [-0.05, 0) is 48.9 Å². The molecule has 0 radical (unpaired) electrons. The molecule has 1 fully saturated rings. The Hall–Kier alpha value is -2.08. The minimum Gasteiger partial charge on any atom is -0.484 e. The Labute approximate surface area is 135 Å². The van der Waals surface area contributed by atoms with Crippen molar-refractivity contribution in [2.45, 2.75) is 50.2 Å². The molecule has 0 unspecified atom stereocenters. The van der Waals surface area contributed by atoms with Crippen molar-refractivity contribution in [1.82, 2.24) is 5.32 Å². The lowest BCUT2D eigenvalue weighted by atomic mass is 9.73. The molecule has 0 bridgehead atoms. The number of hydrogen-bond donors (Lipinski definition) is 3. The molecule has 2 amide bonds. The van der Waals surface area contributed by atoms with Crippen molar-refractivity contribution in [2.75, 3.05) is 6.61 Å². The van der Waals surface area contributed by atoms with Gasteiger partial charge in [-0.1, -0.05) is 6.07 Å². The van der Waals surface area contributed by atoms with Crippen LogP contribution in [-0.2, 0) is 22.4 Å². The van der Waals surface area contributed by atoms with Crippen LogP contribution < -0.4 is 15.8 Å². The molecule has 0 heterocycles. The van der Waals surface area contributed by atoms with Gasteiger partial charge in [0.05, 0.1) is 6.10 Å². The number of fused-ring (bicyclic) bond motifs is 1. The number of ether oxygens (including phenoxy) is 1. The van der Waals surface area contributed by atoms with Gasteiger partial charge in [0.1, 0.15) is 11.3 Å². The summed E-state index contributed by atoms with van der Waals surface area (Å²) in [5.41, 5.74) is 6.83. The fraction of sp³-hybridized carbons (Fsp3) is 0.529. The summed E-state index contributed by atoms with van der Waals surface area (Å²) < 4.78 is 5.53. The van der Waals surface area contributed by atoms with Gasteiger partial charge in [0.2, 0.25) is 5.91 Å². The van der Waals surface area contributed by atoms with Crippen LogP contribution in [0.1, 0.15) is 36.8 Å². The number of aryl methyl sites for hydroxylation is 2. The summed E-state index contributed by atoms with van der Waals surface area (Å²) in [5, 5.41) is 12.0. The standard InChI is InChI=1S/C17H22N2O4/c18-16(22)17(8-13(20)9-17)19-15(21)10-23-14-6-5-11-3-1-2-4-12(11)7-14/h5-7,13,20H,1-4,8-10H2,(H2,18,22)(H,19,21). The zero-order valence-electron chi connectivity index (χ0n) is 13.0. The van der Waals surface area contributed by atoms with Crippen LogP contribution in [0.25, 0.3) is 0 Å². The van der Waals surface area contributed by atoms with Crippen LogP contribution in [0.15, 0.2) is 18.2 Å². The Balaban J connectivity index is 1.56. The molecule has 124 valence electrons. The Morgan fingerprint density at radius 1 is 1.26 bits per heavy atom. The highest BCUT2D eigenvalue weighted by Gasteiger charge is 2.49. The Morgan fingerprint density at radius 2 is 1.96 bits per heavy atom. The smallest absolute Gasteiger partial charge is 0.258 e. The molecule has 1 aromatic carbocycles. The topological polar surface area (TPSA) is 102 Å². The van der Waals surface area contributed by atoms with E-state index >= 15 is 0 Å². The SMILES string of the molecule is NC(=O)C1(NC(=O)COc2ccc3c(c2)CCCC3)CC(O)C1. The van der Waals surface area contributed by atoms with Crippen LogP contribution in [-0.4, -0.2) is 35.2 Å². The van der Waals surface area contributed by atoms with Gasteiger partial charge in [-0.15, -0.1) is 0 Å². The van der Waals surface area contributed by atoms with Gasteiger partial charge in [0.15, 0.2) is 6.61 Å². The third-order valence-corrected chi connectivity index (χ3v) is 4.71. The second kappa shape index (κ2) is 6.20. The number of nitrogens with two attached hydrogens (primary N) is 1. The highest BCUT2D eigenvalue weighted by atomic mass is 16.5. The van der Waals surface area contributed by atoms with Gasteiger partial charge in [0.25, 0.3) is 5.91 Å². The number of benzene rings is 1. The van der Waals surface area contributed by atoms with Crippen LogP contribution in [0.3, 0.4) is 0 Å². The number of primary amides is 1. The number of aliphatic hydroxyl groups is 1. The van der Waals surface area contributed by atoms with Crippen molar-refractivity contribution in [3.63, 3.8) is 0 Å². The molecule has 2 aliphatic carbocycles. The van der Waals surface area contributed by atoms with E-state index in [1.165, 1.54) is 24.0 Å². The molecule has 0 spiro atoms. The lowest BCUT2D eigenvalue weighted by Gasteiger charge is -2.42. The molecule has 3 rings (SSSR count). The lowest BCUT2D eigenvalue weighted by molar-refractivity contribution is -0.141. The van der Waals surface area contributed by atoms with E-state index < -0.39 is 23.5 Å². The van der Waals surface area contributed by atoms with Crippen LogP contribution in [0.4, 0.5) is 0 Å². The number of rotatable bonds is 5. The van der Waals surface area contributed by atoms with Crippen molar-refractivity contribution < 1.29 is 19.4 Å². The van der Waals surface area contributed by atoms with Crippen molar-refractivity contribution in [3.8, 4) is 5.75 Å². The number of hydrogen-bond acceptors (Lipinski definition) is 4. The maximum Gasteiger partial charge on any atom is 0.258 e. The summed E-state index contributed by atoms with van der Waals surface area (Å²) in [7, 11) is 0. The molecule has 4 N–H and O–H groups in total. The average molecular weight is 318 g/mol. The molecule has 0 aliphatic heterocycles. The van der Waals surface area contributed by atoms with Crippen LogP contribution >= 0.6 is 0 Å². The first-order valence-corrected chi connectivity index (χ1v) is 8.02. The van der Waals surface area contributed by atoms with E-state index in [0.717, 1.165) is 12.8 Å². The third kappa shape index (κ3) is 3.32. The largest absolute Gasteiger partial charge is 0.484 e. The van der Waals surface area contributed by atoms with Crippen molar-refractivity contribution >= 4 is 11.8 Å². The van der Waals surface area contributed by atoms with Gasteiger partial charge in [-0.25, -0.2) is 0 Å². The monoisotopic (exact) mass is 318 g/mol. The summed E-state index contributed by atoms with van der Waals surface area (Å²) in [5.74, 6) is -0.374. The molecule has 2 aliphatic rings. The summed E-state index contributed by atoms with van der Waals surface area (Å²) in [6.45, 7) is -0.177. The molecule has 1 aromatic rings. The summed E-state index contributed by atoms with van der Waals surface area (Å²) in [4.78, 5) is 23.5. The average Bonchev–Trinajstić information content (AvgIpc) is 2.50. The molecule has 1 saturated carbocycles. The van der Waals surface area contributed by atoms with E-state index in [4.69, 9.17) is 10.5 Å². The highest BCUT2D eigenvalue weighted by molar-refractivity contribution is 5.92. The molecule has 6 heteroatoms. The van der Waals surface area contributed by atoms with E-state index in [-0.39, 0.29) is 19.4 Å². The van der Waals surface area contributed by atoms with Crippen LogP contribution in [0, 0.1) is 0 Å². The Kier molecular flexibility index (Phi) is 4.26. The first-order chi connectivity index (χ1) is 11.0. The fourth-order valence-corrected chi connectivity index (χ4v) is 3.36. The van der Waals surface area contributed by atoms with Gasteiger partial charge < -0.3 is 20.9 Å². The molecule has 6 nitrogen and oxygen atoms in total. The first-order valence-electron chi connectivity index (χ1n) is 8.02. The second-order valence-electron chi connectivity index (χ2n) is 6.48. The van der Waals surface area contributed by atoms with E-state index in [9.17, 15) is 14.7 Å². The molecule has 0 aromatic heterocycles.